The van der Waals surface area contributed by atoms with Crippen molar-refractivity contribution in [1.82, 2.24) is 15.1 Å². The number of likely N-dealkylation sites (tertiary alicyclic amines) is 1. The fourth-order valence-electron chi connectivity index (χ4n) is 4.01. The van der Waals surface area contributed by atoms with Crippen molar-refractivity contribution in [3.63, 3.8) is 0 Å². The average molecular weight is 265 g/mol. The van der Waals surface area contributed by atoms with E-state index in [1.165, 1.54) is 38.5 Å². The van der Waals surface area contributed by atoms with Gasteiger partial charge >= 0.3 is 0 Å². The van der Waals surface area contributed by atoms with Crippen molar-refractivity contribution in [3.05, 3.63) is 0 Å². The molecule has 2 aliphatic heterocycles. The lowest BCUT2D eigenvalue weighted by atomic mass is 10.1. The molecule has 0 aromatic rings. The molecule has 1 saturated carbocycles. The third-order valence-corrected chi connectivity index (χ3v) is 5.40. The molecule has 1 N–H and O–H groups in total. The maximum atomic E-state index is 12.3. The third-order valence-electron chi connectivity index (χ3n) is 5.40. The standard InChI is InChI=1S/C15H27N3O/c1-17-13-6-7-14(17)11-18(9-8-13)15(19)10-16-12-4-2-3-5-12/h12-14,16H,2-11H2,1H3. The molecule has 3 rings (SSSR count). The first-order chi connectivity index (χ1) is 9.24. The van der Waals surface area contributed by atoms with Crippen LogP contribution in [-0.4, -0.2) is 60.5 Å². The summed E-state index contributed by atoms with van der Waals surface area (Å²) in [7, 11) is 2.23. The Morgan fingerprint density at radius 2 is 1.84 bits per heavy atom. The van der Waals surface area contributed by atoms with Gasteiger partial charge in [0.2, 0.25) is 5.91 Å². The van der Waals surface area contributed by atoms with Crippen molar-refractivity contribution in [2.75, 3.05) is 26.7 Å². The Labute approximate surface area is 116 Å². The lowest BCUT2D eigenvalue weighted by Gasteiger charge is -2.26. The summed E-state index contributed by atoms with van der Waals surface area (Å²) in [5.74, 6) is 0.313. The molecule has 3 fully saturated rings. The number of hydrogen-bond donors (Lipinski definition) is 1. The Hall–Kier alpha value is -0.610. The monoisotopic (exact) mass is 265 g/mol. The van der Waals surface area contributed by atoms with E-state index < -0.39 is 0 Å². The zero-order valence-corrected chi connectivity index (χ0v) is 12.1. The number of nitrogens with zero attached hydrogens (tertiary/aromatic N) is 2. The van der Waals surface area contributed by atoms with Gasteiger partial charge in [-0.3, -0.25) is 9.69 Å². The van der Waals surface area contributed by atoms with E-state index in [9.17, 15) is 4.79 Å². The van der Waals surface area contributed by atoms with Crippen LogP contribution in [0.1, 0.15) is 44.9 Å². The minimum atomic E-state index is 0.313. The highest BCUT2D eigenvalue weighted by Crippen LogP contribution is 2.28. The molecule has 2 unspecified atom stereocenters. The molecule has 1 amide bonds. The largest absolute Gasteiger partial charge is 0.340 e. The minimum absolute atomic E-state index is 0.313. The van der Waals surface area contributed by atoms with Gasteiger partial charge in [-0.2, -0.15) is 0 Å². The van der Waals surface area contributed by atoms with E-state index >= 15 is 0 Å². The maximum Gasteiger partial charge on any atom is 0.236 e. The summed E-state index contributed by atoms with van der Waals surface area (Å²) >= 11 is 0. The van der Waals surface area contributed by atoms with E-state index in [1.54, 1.807) is 0 Å². The van der Waals surface area contributed by atoms with Crippen LogP contribution in [-0.2, 0) is 4.79 Å². The van der Waals surface area contributed by atoms with Crippen LogP contribution in [0.15, 0.2) is 0 Å². The summed E-state index contributed by atoms with van der Waals surface area (Å²) in [5, 5.41) is 3.45. The Kier molecular flexibility index (Phi) is 4.08. The number of amides is 1. The van der Waals surface area contributed by atoms with Crippen molar-refractivity contribution in [3.8, 4) is 0 Å². The van der Waals surface area contributed by atoms with Crippen LogP contribution in [0, 0.1) is 0 Å². The molecule has 0 aromatic carbocycles. The second kappa shape index (κ2) is 5.80. The fraction of sp³-hybridized carbons (Fsp3) is 0.933. The molecule has 2 bridgehead atoms. The molecule has 1 aliphatic carbocycles. The van der Waals surface area contributed by atoms with Gasteiger partial charge in [0.25, 0.3) is 0 Å². The predicted molar refractivity (Wildman–Crippen MR) is 76.0 cm³/mol. The van der Waals surface area contributed by atoms with Gasteiger partial charge in [0.05, 0.1) is 6.54 Å². The Balaban J connectivity index is 1.49. The first kappa shape index (κ1) is 13.4. The van der Waals surface area contributed by atoms with E-state index in [0.29, 0.717) is 30.6 Å². The average Bonchev–Trinajstić information content (AvgIpc) is 2.96. The van der Waals surface area contributed by atoms with Crippen LogP contribution >= 0.6 is 0 Å². The van der Waals surface area contributed by atoms with Gasteiger partial charge < -0.3 is 10.2 Å². The second-order valence-electron chi connectivity index (χ2n) is 6.54. The molecule has 0 aromatic heterocycles. The smallest absolute Gasteiger partial charge is 0.236 e. The highest BCUT2D eigenvalue weighted by Gasteiger charge is 2.35. The van der Waals surface area contributed by atoms with Crippen molar-refractivity contribution in [1.29, 1.82) is 0 Å². The van der Waals surface area contributed by atoms with Gasteiger partial charge in [0.15, 0.2) is 0 Å². The van der Waals surface area contributed by atoms with E-state index in [2.05, 4.69) is 22.2 Å². The third kappa shape index (κ3) is 2.95. The van der Waals surface area contributed by atoms with Gasteiger partial charge in [-0.15, -0.1) is 0 Å². The van der Waals surface area contributed by atoms with Crippen LogP contribution in [0.4, 0.5) is 0 Å². The van der Waals surface area contributed by atoms with E-state index in [-0.39, 0.29) is 0 Å². The molecular formula is C15H27N3O. The van der Waals surface area contributed by atoms with E-state index in [0.717, 1.165) is 19.5 Å². The Bertz CT molecular complexity index is 327. The predicted octanol–water partition coefficient (Wildman–Crippen LogP) is 1.21. The Morgan fingerprint density at radius 1 is 1.11 bits per heavy atom. The number of carbonyl (C=O) groups excluding carboxylic acids is 1. The maximum absolute atomic E-state index is 12.3. The number of fused-ring (bicyclic) bond motifs is 2. The first-order valence-corrected chi connectivity index (χ1v) is 7.97. The number of nitrogens with one attached hydrogen (secondary N) is 1. The molecule has 0 spiro atoms. The van der Waals surface area contributed by atoms with E-state index in [4.69, 9.17) is 0 Å². The van der Waals surface area contributed by atoms with Crippen LogP contribution < -0.4 is 5.32 Å². The van der Waals surface area contributed by atoms with Crippen LogP contribution in [0.3, 0.4) is 0 Å². The molecule has 0 radical (unpaired) electrons. The van der Waals surface area contributed by atoms with Gasteiger partial charge in [-0.05, 0) is 39.2 Å². The summed E-state index contributed by atoms with van der Waals surface area (Å²) in [4.78, 5) is 16.9. The van der Waals surface area contributed by atoms with E-state index in [1.807, 2.05) is 0 Å². The molecule has 4 nitrogen and oxygen atoms in total. The van der Waals surface area contributed by atoms with Crippen molar-refractivity contribution >= 4 is 5.91 Å². The molecule has 19 heavy (non-hydrogen) atoms. The summed E-state index contributed by atoms with van der Waals surface area (Å²) in [6.45, 7) is 2.45. The molecule has 108 valence electrons. The molecule has 2 saturated heterocycles. The van der Waals surface area contributed by atoms with Gasteiger partial charge in [-0.25, -0.2) is 0 Å². The quantitative estimate of drug-likeness (QED) is 0.833. The summed E-state index contributed by atoms with van der Waals surface area (Å²) < 4.78 is 0. The number of hydrogen-bond acceptors (Lipinski definition) is 3. The molecule has 2 heterocycles. The van der Waals surface area contributed by atoms with Crippen molar-refractivity contribution in [2.45, 2.75) is 63.1 Å². The molecular weight excluding hydrogens is 238 g/mol. The zero-order valence-electron chi connectivity index (χ0n) is 12.1. The van der Waals surface area contributed by atoms with Crippen LogP contribution in [0.2, 0.25) is 0 Å². The van der Waals surface area contributed by atoms with Crippen molar-refractivity contribution < 1.29 is 4.79 Å². The van der Waals surface area contributed by atoms with Crippen molar-refractivity contribution in [2.24, 2.45) is 0 Å². The highest BCUT2D eigenvalue weighted by molar-refractivity contribution is 5.78. The molecule has 4 heteroatoms. The summed E-state index contributed by atoms with van der Waals surface area (Å²) in [6, 6.07) is 1.91. The number of carbonyl (C=O) groups is 1. The lowest BCUT2D eigenvalue weighted by Crippen LogP contribution is -2.44. The summed E-state index contributed by atoms with van der Waals surface area (Å²) in [6.07, 6.45) is 8.89. The van der Waals surface area contributed by atoms with Crippen LogP contribution in [0.5, 0.6) is 0 Å². The normalized spacial score (nSPS) is 32.8. The lowest BCUT2D eigenvalue weighted by molar-refractivity contribution is -0.130. The summed E-state index contributed by atoms with van der Waals surface area (Å²) in [5.41, 5.74) is 0. The Morgan fingerprint density at radius 3 is 2.63 bits per heavy atom. The minimum Gasteiger partial charge on any atom is -0.340 e. The molecule has 2 atom stereocenters. The number of likely N-dealkylation sites (N-methyl/N-ethyl adjacent to an activating group) is 1. The zero-order chi connectivity index (χ0) is 13.2. The first-order valence-electron chi connectivity index (χ1n) is 7.97. The van der Waals surface area contributed by atoms with Gasteiger partial charge in [0, 0.05) is 31.2 Å². The highest BCUT2D eigenvalue weighted by atomic mass is 16.2. The topological polar surface area (TPSA) is 35.6 Å². The fourth-order valence-corrected chi connectivity index (χ4v) is 4.01. The SMILES string of the molecule is CN1C2CCC1CN(C(=O)CNC1CCCC1)CC2. The second-order valence-corrected chi connectivity index (χ2v) is 6.54. The number of rotatable bonds is 3. The molecule has 3 aliphatic rings. The van der Waals surface area contributed by atoms with Gasteiger partial charge in [-0.1, -0.05) is 12.8 Å². The van der Waals surface area contributed by atoms with Crippen LogP contribution in [0.25, 0.3) is 0 Å². The van der Waals surface area contributed by atoms with Gasteiger partial charge in [0.1, 0.15) is 0 Å².